The summed E-state index contributed by atoms with van der Waals surface area (Å²) in [5, 5.41) is 2.69. The van der Waals surface area contributed by atoms with Crippen LogP contribution < -0.4 is 5.32 Å². The number of benzene rings is 2. The Balaban J connectivity index is 2.25. The highest BCUT2D eigenvalue weighted by molar-refractivity contribution is 7.89. The third kappa shape index (κ3) is 4.49. The maximum atomic E-state index is 13.7. The fourth-order valence-corrected chi connectivity index (χ4v) is 3.67. The molecule has 0 spiro atoms. The highest BCUT2D eigenvalue weighted by Gasteiger charge is 2.21. The molecule has 0 aliphatic heterocycles. The van der Waals surface area contributed by atoms with Crippen LogP contribution in [-0.2, 0) is 21.2 Å². The van der Waals surface area contributed by atoms with Gasteiger partial charge in [-0.15, -0.1) is 0 Å². The topological polar surface area (TPSA) is 66.5 Å². The molecule has 0 heterocycles. The van der Waals surface area contributed by atoms with Gasteiger partial charge in [0.2, 0.25) is 15.9 Å². The highest BCUT2D eigenvalue weighted by Crippen LogP contribution is 2.27. The summed E-state index contributed by atoms with van der Waals surface area (Å²) in [5.41, 5.74) is 0.291. The zero-order valence-electron chi connectivity index (χ0n) is 13.4. The zero-order chi connectivity index (χ0) is 18.8. The fraction of sp³-hybridized carbons (Fsp3) is 0.188. The largest absolute Gasteiger partial charge is 0.326 e. The van der Waals surface area contributed by atoms with Gasteiger partial charge in [-0.05, 0) is 30.3 Å². The van der Waals surface area contributed by atoms with E-state index in [2.05, 4.69) is 5.32 Å². The molecule has 25 heavy (non-hydrogen) atoms. The van der Waals surface area contributed by atoms with Crippen LogP contribution in [0.15, 0.2) is 41.3 Å². The van der Waals surface area contributed by atoms with Crippen molar-refractivity contribution in [3.05, 3.63) is 57.8 Å². The smallest absolute Gasteiger partial charge is 0.244 e. The molecular formula is C16H15Cl2FN2O3S. The van der Waals surface area contributed by atoms with Gasteiger partial charge in [0.25, 0.3) is 0 Å². The van der Waals surface area contributed by atoms with Gasteiger partial charge < -0.3 is 5.32 Å². The van der Waals surface area contributed by atoms with Crippen molar-refractivity contribution in [1.82, 2.24) is 4.31 Å². The van der Waals surface area contributed by atoms with Crippen molar-refractivity contribution in [1.29, 1.82) is 0 Å². The van der Waals surface area contributed by atoms with Gasteiger partial charge in [0.05, 0.1) is 11.4 Å². The zero-order valence-corrected chi connectivity index (χ0v) is 15.7. The van der Waals surface area contributed by atoms with Gasteiger partial charge in [-0.25, -0.2) is 17.1 Å². The lowest BCUT2D eigenvalue weighted by atomic mass is 10.1. The van der Waals surface area contributed by atoms with Crippen molar-refractivity contribution >= 4 is 44.8 Å². The normalized spacial score (nSPS) is 11.6. The van der Waals surface area contributed by atoms with Gasteiger partial charge >= 0.3 is 0 Å². The Morgan fingerprint density at radius 3 is 2.44 bits per heavy atom. The van der Waals surface area contributed by atoms with E-state index in [1.165, 1.54) is 50.5 Å². The lowest BCUT2D eigenvalue weighted by Gasteiger charge is -2.14. The monoisotopic (exact) mass is 404 g/mol. The summed E-state index contributed by atoms with van der Waals surface area (Å²) in [4.78, 5) is 12.0. The number of nitrogens with one attached hydrogen (secondary N) is 1. The van der Waals surface area contributed by atoms with Crippen LogP contribution in [0.5, 0.6) is 0 Å². The number of sulfonamides is 1. The van der Waals surface area contributed by atoms with E-state index in [-0.39, 0.29) is 32.6 Å². The van der Waals surface area contributed by atoms with Gasteiger partial charge in [0.1, 0.15) is 10.7 Å². The van der Waals surface area contributed by atoms with E-state index in [4.69, 9.17) is 23.2 Å². The molecule has 2 aromatic carbocycles. The second-order valence-electron chi connectivity index (χ2n) is 5.36. The number of carbonyl (C=O) groups is 1. The van der Waals surface area contributed by atoms with Crippen molar-refractivity contribution in [3.8, 4) is 0 Å². The predicted octanol–water partition coefficient (Wildman–Crippen LogP) is 3.56. The summed E-state index contributed by atoms with van der Waals surface area (Å²) in [6.07, 6.45) is -0.288. The molecule has 0 aliphatic carbocycles. The fourth-order valence-electron chi connectivity index (χ4n) is 2.04. The molecule has 0 atom stereocenters. The van der Waals surface area contributed by atoms with Crippen LogP contribution in [0.25, 0.3) is 0 Å². The van der Waals surface area contributed by atoms with E-state index >= 15 is 0 Å². The molecule has 2 rings (SSSR count). The molecule has 0 saturated carbocycles. The van der Waals surface area contributed by atoms with E-state index in [1.54, 1.807) is 0 Å². The van der Waals surface area contributed by atoms with Crippen molar-refractivity contribution in [2.45, 2.75) is 11.3 Å². The quantitative estimate of drug-likeness (QED) is 0.827. The molecule has 0 saturated heterocycles. The molecule has 1 amide bonds. The van der Waals surface area contributed by atoms with Crippen molar-refractivity contribution in [2.24, 2.45) is 0 Å². The van der Waals surface area contributed by atoms with Crippen molar-refractivity contribution in [2.75, 3.05) is 19.4 Å². The summed E-state index contributed by atoms with van der Waals surface area (Å²) in [6.45, 7) is 0. The number of nitrogens with zero attached hydrogens (tertiary/aromatic N) is 1. The molecular weight excluding hydrogens is 390 g/mol. The Kier molecular flexibility index (Phi) is 6.05. The first-order valence-corrected chi connectivity index (χ1v) is 9.27. The molecule has 0 aromatic heterocycles. The average Bonchev–Trinajstić information content (AvgIpc) is 2.52. The number of hydrogen-bond acceptors (Lipinski definition) is 3. The summed E-state index contributed by atoms with van der Waals surface area (Å²) >= 11 is 11.8. The molecule has 0 aliphatic rings. The first-order chi connectivity index (χ1) is 11.6. The number of carbonyl (C=O) groups excluding carboxylic acids is 1. The SMILES string of the molecule is CN(C)S(=O)(=O)c1cc(NC(=O)Cc2c(F)cccc2Cl)ccc1Cl. The molecule has 9 heteroatoms. The van der Waals surface area contributed by atoms with E-state index in [9.17, 15) is 17.6 Å². The third-order valence-corrected chi connectivity index (χ3v) is 6.02. The standard InChI is InChI=1S/C16H15Cl2FN2O3S/c1-21(2)25(23,24)15-8-10(6-7-13(15)18)20-16(22)9-11-12(17)4-3-5-14(11)19/h3-8H,9H2,1-2H3,(H,20,22). The molecule has 1 N–H and O–H groups in total. The Labute approximate surface area is 155 Å². The molecule has 134 valence electrons. The van der Waals surface area contributed by atoms with E-state index < -0.39 is 21.7 Å². The third-order valence-electron chi connectivity index (χ3n) is 3.37. The summed E-state index contributed by atoms with van der Waals surface area (Å²) in [6, 6.07) is 8.20. The Hall–Kier alpha value is -1.67. The number of rotatable bonds is 5. The molecule has 0 radical (unpaired) electrons. The van der Waals surface area contributed by atoms with Crippen LogP contribution in [-0.4, -0.2) is 32.7 Å². The van der Waals surface area contributed by atoms with Crippen LogP contribution in [0.2, 0.25) is 10.0 Å². The van der Waals surface area contributed by atoms with Crippen LogP contribution in [0, 0.1) is 5.82 Å². The minimum absolute atomic E-state index is 0.0313. The Morgan fingerprint density at radius 1 is 1.16 bits per heavy atom. The van der Waals surface area contributed by atoms with Crippen LogP contribution in [0.1, 0.15) is 5.56 Å². The lowest BCUT2D eigenvalue weighted by molar-refractivity contribution is -0.115. The van der Waals surface area contributed by atoms with Gasteiger partial charge in [-0.1, -0.05) is 29.3 Å². The number of hydrogen-bond donors (Lipinski definition) is 1. The van der Waals surface area contributed by atoms with E-state index in [1.807, 2.05) is 0 Å². The molecule has 0 fully saturated rings. The minimum Gasteiger partial charge on any atom is -0.326 e. The van der Waals surface area contributed by atoms with Gasteiger partial charge in [0.15, 0.2) is 0 Å². The summed E-state index contributed by atoms with van der Waals surface area (Å²) < 4.78 is 39.2. The van der Waals surface area contributed by atoms with Crippen molar-refractivity contribution in [3.63, 3.8) is 0 Å². The molecule has 5 nitrogen and oxygen atoms in total. The summed E-state index contributed by atoms with van der Waals surface area (Å²) in [7, 11) is -1.02. The highest BCUT2D eigenvalue weighted by atomic mass is 35.5. The number of amides is 1. The second-order valence-corrected chi connectivity index (χ2v) is 8.29. The van der Waals surface area contributed by atoms with Crippen LogP contribution in [0.4, 0.5) is 10.1 Å². The Morgan fingerprint density at radius 2 is 1.84 bits per heavy atom. The van der Waals surface area contributed by atoms with E-state index in [0.29, 0.717) is 0 Å². The van der Waals surface area contributed by atoms with Crippen LogP contribution >= 0.6 is 23.2 Å². The van der Waals surface area contributed by atoms with Gasteiger partial charge in [0, 0.05) is 30.4 Å². The molecule has 0 unspecified atom stereocenters. The van der Waals surface area contributed by atoms with Crippen molar-refractivity contribution < 1.29 is 17.6 Å². The predicted molar refractivity (Wildman–Crippen MR) is 96.1 cm³/mol. The number of anilines is 1. The maximum absolute atomic E-state index is 13.7. The lowest BCUT2D eigenvalue weighted by Crippen LogP contribution is -2.23. The number of halogens is 3. The Bertz CT molecular complexity index is 897. The van der Waals surface area contributed by atoms with Gasteiger partial charge in [-0.2, -0.15) is 0 Å². The first-order valence-electron chi connectivity index (χ1n) is 7.07. The van der Waals surface area contributed by atoms with Crippen LogP contribution in [0.3, 0.4) is 0 Å². The molecule has 2 aromatic rings. The van der Waals surface area contributed by atoms with Gasteiger partial charge in [-0.3, -0.25) is 4.79 Å². The maximum Gasteiger partial charge on any atom is 0.244 e. The minimum atomic E-state index is -3.77. The van der Waals surface area contributed by atoms with E-state index in [0.717, 1.165) is 4.31 Å². The summed E-state index contributed by atoms with van der Waals surface area (Å²) in [5.74, 6) is -1.13. The second kappa shape index (κ2) is 7.70. The molecule has 0 bridgehead atoms. The average molecular weight is 405 g/mol. The first kappa shape index (κ1) is 19.7.